The Hall–Kier alpha value is -4.97. The molecule has 0 aliphatic heterocycles. The van der Waals surface area contributed by atoms with Crippen molar-refractivity contribution in [3.8, 4) is 0 Å². The smallest absolute Gasteiger partial charge is 0.270 e. The van der Waals surface area contributed by atoms with Crippen LogP contribution in [0.4, 0.5) is 10.1 Å². The Balaban J connectivity index is 1.59. The number of hydrogen-bond donors (Lipinski definition) is 4. The maximum Gasteiger partial charge on any atom is 0.270 e. The van der Waals surface area contributed by atoms with Gasteiger partial charge in [0.1, 0.15) is 22.5 Å². The first-order chi connectivity index (χ1) is 18.8. The van der Waals surface area contributed by atoms with Crippen molar-refractivity contribution in [2.45, 2.75) is 19.1 Å². The van der Waals surface area contributed by atoms with Crippen LogP contribution in [-0.2, 0) is 17.9 Å². The van der Waals surface area contributed by atoms with Crippen molar-refractivity contribution in [1.29, 1.82) is 0 Å². The maximum absolute atomic E-state index is 14.0. The molecule has 3 aromatic heterocycles. The summed E-state index contributed by atoms with van der Waals surface area (Å²) in [6.07, 6.45) is 3.12. The average Bonchev–Trinajstić information content (AvgIpc) is 3.68. The number of fused-ring (bicyclic) bond motifs is 1. The molecule has 0 aliphatic rings. The number of aromatic amines is 1. The van der Waals surface area contributed by atoms with Crippen molar-refractivity contribution >= 4 is 45.8 Å². The zero-order valence-electron chi connectivity index (χ0n) is 20.4. The highest BCUT2D eigenvalue weighted by Gasteiger charge is 2.36. The highest BCUT2D eigenvalue weighted by Crippen LogP contribution is 2.33. The first-order valence-corrected chi connectivity index (χ1v) is 12.6. The number of halogens is 1. The van der Waals surface area contributed by atoms with E-state index in [1.54, 1.807) is 30.5 Å². The second-order valence-corrected chi connectivity index (χ2v) is 9.46. The number of anilines is 1. The lowest BCUT2D eigenvalue weighted by Gasteiger charge is -2.30. The van der Waals surface area contributed by atoms with Gasteiger partial charge in [-0.05, 0) is 47.4 Å². The summed E-state index contributed by atoms with van der Waals surface area (Å²) in [6.45, 7) is -0.00150. The Kier molecular flexibility index (Phi) is 7.10. The van der Waals surface area contributed by atoms with Crippen molar-refractivity contribution in [3.05, 3.63) is 106 Å². The third kappa shape index (κ3) is 5.22. The summed E-state index contributed by atoms with van der Waals surface area (Å²) in [4.78, 5) is 44.1. The van der Waals surface area contributed by atoms with Crippen LogP contribution < -0.4 is 16.8 Å². The molecule has 198 valence electrons. The summed E-state index contributed by atoms with van der Waals surface area (Å²) >= 11 is 0.722. The zero-order valence-corrected chi connectivity index (χ0v) is 21.2. The lowest BCUT2D eigenvalue weighted by atomic mass is 10.0. The number of amides is 3. The summed E-state index contributed by atoms with van der Waals surface area (Å²) in [7, 11) is 0. The molecule has 1 atom stereocenters. The van der Waals surface area contributed by atoms with Gasteiger partial charge in [0, 0.05) is 29.2 Å². The van der Waals surface area contributed by atoms with Crippen LogP contribution in [0.1, 0.15) is 43.1 Å². The fraction of sp³-hybridized carbons (Fsp3) is 0.111. The number of hydrogen-bond acceptors (Lipinski definition) is 7. The number of carbonyl (C=O) groups excluding carboxylic acids is 3. The molecule has 3 amide bonds. The second kappa shape index (κ2) is 10.8. The summed E-state index contributed by atoms with van der Waals surface area (Å²) < 4.78 is 22.8. The van der Waals surface area contributed by atoms with Crippen molar-refractivity contribution < 1.29 is 23.2 Å². The van der Waals surface area contributed by atoms with Gasteiger partial charge in [0.05, 0.1) is 18.5 Å². The van der Waals surface area contributed by atoms with Crippen molar-refractivity contribution in [2.24, 2.45) is 5.73 Å². The molecule has 0 bridgehead atoms. The van der Waals surface area contributed by atoms with Gasteiger partial charge in [-0.3, -0.25) is 14.4 Å². The van der Waals surface area contributed by atoms with Gasteiger partial charge >= 0.3 is 0 Å². The molecular weight excluding hydrogens is 523 g/mol. The quantitative estimate of drug-likeness (QED) is 0.220. The Labute approximate surface area is 225 Å². The second-order valence-electron chi connectivity index (χ2n) is 8.69. The van der Waals surface area contributed by atoms with Crippen molar-refractivity contribution in [1.82, 2.24) is 19.6 Å². The fourth-order valence-corrected chi connectivity index (χ4v) is 5.03. The van der Waals surface area contributed by atoms with Crippen LogP contribution in [0.2, 0.25) is 0 Å². The molecule has 12 heteroatoms. The number of rotatable bonds is 9. The Bertz CT molecular complexity index is 1640. The largest absolute Gasteiger partial charge is 0.467 e. The molecule has 6 N–H and O–H groups in total. The molecule has 3 heterocycles. The molecule has 1 unspecified atom stereocenters. The molecule has 0 fully saturated rings. The number of para-hydroxylation sites is 1. The van der Waals surface area contributed by atoms with E-state index in [1.165, 1.54) is 23.3 Å². The molecule has 0 spiro atoms. The number of aromatic nitrogens is 2. The minimum atomic E-state index is -1.15. The van der Waals surface area contributed by atoms with E-state index in [4.69, 9.17) is 15.9 Å². The predicted molar refractivity (Wildman–Crippen MR) is 143 cm³/mol. The molecule has 5 aromatic rings. The van der Waals surface area contributed by atoms with Crippen LogP contribution in [0, 0.1) is 5.82 Å². The number of furan rings is 1. The third-order valence-electron chi connectivity index (χ3n) is 6.18. The highest BCUT2D eigenvalue weighted by atomic mass is 32.1. The van der Waals surface area contributed by atoms with E-state index >= 15 is 0 Å². The van der Waals surface area contributed by atoms with E-state index < -0.39 is 29.6 Å². The molecule has 0 aliphatic carbocycles. The van der Waals surface area contributed by atoms with Gasteiger partial charge in [-0.15, -0.1) is 0 Å². The number of nitrogen functional groups attached to an aromatic ring is 1. The minimum absolute atomic E-state index is 0.0356. The van der Waals surface area contributed by atoms with Crippen molar-refractivity contribution in [2.75, 3.05) is 5.73 Å². The number of carbonyl (C=O) groups is 3. The van der Waals surface area contributed by atoms with Crippen LogP contribution in [0.15, 0.2) is 77.5 Å². The number of nitrogens with one attached hydrogen (secondary N) is 2. The molecule has 0 saturated heterocycles. The van der Waals surface area contributed by atoms with Gasteiger partial charge in [0.25, 0.3) is 11.8 Å². The minimum Gasteiger partial charge on any atom is -0.467 e. The van der Waals surface area contributed by atoms with Gasteiger partial charge in [0.15, 0.2) is 5.69 Å². The number of benzene rings is 2. The normalized spacial score (nSPS) is 11.8. The van der Waals surface area contributed by atoms with E-state index in [9.17, 15) is 18.8 Å². The zero-order chi connectivity index (χ0) is 27.5. The van der Waals surface area contributed by atoms with Gasteiger partial charge in [-0.1, -0.05) is 30.3 Å². The van der Waals surface area contributed by atoms with Gasteiger partial charge in [-0.25, -0.2) is 4.39 Å². The van der Waals surface area contributed by atoms with Gasteiger partial charge in [0.2, 0.25) is 5.91 Å². The van der Waals surface area contributed by atoms with E-state index in [-0.39, 0.29) is 29.3 Å². The summed E-state index contributed by atoms with van der Waals surface area (Å²) in [5, 5.41) is 3.59. The maximum atomic E-state index is 14.0. The third-order valence-corrected chi connectivity index (χ3v) is 7.03. The molecule has 5 rings (SSSR count). The lowest BCUT2D eigenvalue weighted by Crippen LogP contribution is -2.43. The summed E-state index contributed by atoms with van der Waals surface area (Å²) in [5.74, 6) is -1.99. The molecule has 0 saturated carbocycles. The Morgan fingerprint density at radius 3 is 2.56 bits per heavy atom. The predicted octanol–water partition coefficient (Wildman–Crippen LogP) is 3.74. The van der Waals surface area contributed by atoms with Crippen molar-refractivity contribution in [3.63, 3.8) is 0 Å². The standard InChI is InChI=1S/C27H23FN6O4S/c28-16-9-7-15(8-10-16)12-32-26(36)23(19-13-31-20-6-2-1-5-18(19)20)34(14-17-4-3-11-38-17)27(37)24-21(29)22(25(30)35)33-39-24/h1-11,13,23,31H,12,14,29H2,(H2,30,35)(H,32,36). The SMILES string of the molecule is NC(=O)c1nsc(C(=O)N(Cc2ccco2)C(C(=O)NCc2ccc(F)cc2)c2c[nH]c3ccccc23)c1N. The van der Waals surface area contributed by atoms with Gasteiger partial charge < -0.3 is 31.1 Å². The number of H-pyrrole nitrogens is 1. The van der Waals surface area contributed by atoms with Crippen LogP contribution in [0.5, 0.6) is 0 Å². The number of primary amides is 1. The van der Waals surface area contributed by atoms with Crippen LogP contribution in [0.25, 0.3) is 10.9 Å². The van der Waals surface area contributed by atoms with Crippen LogP contribution in [-0.4, -0.2) is 32.0 Å². The van der Waals surface area contributed by atoms with Crippen LogP contribution in [0.3, 0.4) is 0 Å². The topological polar surface area (TPSA) is 160 Å². The average molecular weight is 547 g/mol. The van der Waals surface area contributed by atoms with Gasteiger partial charge in [-0.2, -0.15) is 4.37 Å². The Morgan fingerprint density at radius 2 is 1.87 bits per heavy atom. The molecule has 10 nitrogen and oxygen atoms in total. The van der Waals surface area contributed by atoms with Crippen LogP contribution >= 0.6 is 11.5 Å². The number of nitrogens with two attached hydrogens (primary N) is 2. The first kappa shape index (κ1) is 25.7. The monoisotopic (exact) mass is 546 g/mol. The molecule has 0 radical (unpaired) electrons. The van der Waals surface area contributed by atoms with E-state index in [0.717, 1.165) is 22.4 Å². The van der Waals surface area contributed by atoms with E-state index in [2.05, 4.69) is 14.7 Å². The molecular formula is C27H23FN6O4S. The molecule has 2 aromatic carbocycles. The number of nitrogens with zero attached hydrogens (tertiary/aromatic N) is 2. The molecule has 39 heavy (non-hydrogen) atoms. The Morgan fingerprint density at radius 1 is 1.10 bits per heavy atom. The summed E-state index contributed by atoms with van der Waals surface area (Å²) in [5.41, 5.74) is 13.0. The fourth-order valence-electron chi connectivity index (χ4n) is 4.27. The van der Waals surface area contributed by atoms with E-state index in [1.807, 2.05) is 24.3 Å². The first-order valence-electron chi connectivity index (χ1n) is 11.8. The summed E-state index contributed by atoms with van der Waals surface area (Å²) in [6, 6.07) is 15.3. The lowest BCUT2D eigenvalue weighted by molar-refractivity contribution is -0.126. The van der Waals surface area contributed by atoms with E-state index in [0.29, 0.717) is 16.9 Å². The highest BCUT2D eigenvalue weighted by molar-refractivity contribution is 7.09.